The molecule has 0 aliphatic carbocycles. The lowest BCUT2D eigenvalue weighted by Gasteiger charge is -2.15. The van der Waals surface area contributed by atoms with Crippen LogP contribution in [0.15, 0.2) is 0 Å². The Hall–Kier alpha value is -0.570. The van der Waals surface area contributed by atoms with Crippen LogP contribution in [-0.4, -0.2) is 25.0 Å². The van der Waals surface area contributed by atoms with Gasteiger partial charge in [-0.1, -0.05) is 20.8 Å². The van der Waals surface area contributed by atoms with E-state index in [0.717, 1.165) is 31.8 Å². The Labute approximate surface area is 93.0 Å². The average Bonchev–Trinajstić information content (AvgIpc) is 2.58. The normalized spacial score (nSPS) is 25.9. The fourth-order valence-corrected chi connectivity index (χ4v) is 2.02. The van der Waals surface area contributed by atoms with Crippen LogP contribution < -0.4 is 10.6 Å². The van der Waals surface area contributed by atoms with E-state index in [-0.39, 0.29) is 11.9 Å². The Morgan fingerprint density at radius 2 is 2.27 bits per heavy atom. The summed E-state index contributed by atoms with van der Waals surface area (Å²) in [7, 11) is 0. The molecule has 88 valence electrons. The van der Waals surface area contributed by atoms with Gasteiger partial charge in [-0.3, -0.25) is 4.79 Å². The standard InChI is InChI=1S/C12H24N2O/c1-9(2)5-4-7-14-12(15)11-10(3)6-8-13-11/h9-11,13H,4-8H2,1-3H3,(H,14,15). The minimum atomic E-state index is 0.0454. The number of hydrogen-bond donors (Lipinski definition) is 2. The molecule has 15 heavy (non-hydrogen) atoms. The number of rotatable bonds is 5. The summed E-state index contributed by atoms with van der Waals surface area (Å²) in [5.41, 5.74) is 0. The highest BCUT2D eigenvalue weighted by Crippen LogP contribution is 2.14. The highest BCUT2D eigenvalue weighted by molar-refractivity contribution is 5.82. The fourth-order valence-electron chi connectivity index (χ4n) is 2.02. The summed E-state index contributed by atoms with van der Waals surface area (Å²) in [6.45, 7) is 8.36. The maximum atomic E-state index is 11.7. The van der Waals surface area contributed by atoms with E-state index < -0.39 is 0 Å². The molecule has 1 heterocycles. The molecule has 0 aromatic carbocycles. The van der Waals surface area contributed by atoms with E-state index in [4.69, 9.17) is 0 Å². The lowest BCUT2D eigenvalue weighted by atomic mass is 10.0. The van der Waals surface area contributed by atoms with E-state index in [1.165, 1.54) is 6.42 Å². The third-order valence-electron chi connectivity index (χ3n) is 3.07. The van der Waals surface area contributed by atoms with E-state index in [1.807, 2.05) is 0 Å². The van der Waals surface area contributed by atoms with Crippen LogP contribution >= 0.6 is 0 Å². The van der Waals surface area contributed by atoms with E-state index in [0.29, 0.717) is 5.92 Å². The van der Waals surface area contributed by atoms with Crippen LogP contribution in [0.1, 0.15) is 40.0 Å². The van der Waals surface area contributed by atoms with E-state index in [1.54, 1.807) is 0 Å². The second-order valence-corrected chi connectivity index (χ2v) is 5.02. The molecule has 2 atom stereocenters. The minimum absolute atomic E-state index is 0.0454. The Morgan fingerprint density at radius 3 is 2.80 bits per heavy atom. The SMILES string of the molecule is CC(C)CCCNC(=O)C1NCCC1C. The second kappa shape index (κ2) is 6.11. The Morgan fingerprint density at radius 1 is 1.53 bits per heavy atom. The van der Waals surface area contributed by atoms with Gasteiger partial charge >= 0.3 is 0 Å². The van der Waals surface area contributed by atoms with Gasteiger partial charge in [-0.2, -0.15) is 0 Å². The maximum Gasteiger partial charge on any atom is 0.237 e. The molecule has 3 heteroatoms. The molecule has 0 bridgehead atoms. The lowest BCUT2D eigenvalue weighted by Crippen LogP contribution is -2.43. The molecule has 1 fully saturated rings. The molecule has 0 saturated carbocycles. The molecule has 0 spiro atoms. The summed E-state index contributed by atoms with van der Waals surface area (Å²) in [6.07, 6.45) is 3.39. The Bertz CT molecular complexity index is 204. The number of amides is 1. The van der Waals surface area contributed by atoms with Crippen molar-refractivity contribution in [3.05, 3.63) is 0 Å². The van der Waals surface area contributed by atoms with Crippen molar-refractivity contribution < 1.29 is 4.79 Å². The Balaban J connectivity index is 2.13. The van der Waals surface area contributed by atoms with Gasteiger partial charge in [-0.05, 0) is 37.6 Å². The molecule has 1 rings (SSSR count). The molecule has 1 amide bonds. The third-order valence-corrected chi connectivity index (χ3v) is 3.07. The summed E-state index contributed by atoms with van der Waals surface area (Å²) in [5.74, 6) is 1.39. The van der Waals surface area contributed by atoms with Crippen molar-refractivity contribution in [2.24, 2.45) is 11.8 Å². The van der Waals surface area contributed by atoms with Crippen molar-refractivity contribution in [3.63, 3.8) is 0 Å². The number of hydrogen-bond acceptors (Lipinski definition) is 2. The first-order valence-electron chi connectivity index (χ1n) is 6.12. The van der Waals surface area contributed by atoms with Crippen molar-refractivity contribution in [2.45, 2.75) is 46.1 Å². The molecule has 1 aliphatic rings. The van der Waals surface area contributed by atoms with E-state index in [2.05, 4.69) is 31.4 Å². The molecule has 0 aromatic heterocycles. The van der Waals surface area contributed by atoms with Crippen LogP contribution in [0.5, 0.6) is 0 Å². The van der Waals surface area contributed by atoms with Crippen LogP contribution in [0.2, 0.25) is 0 Å². The van der Waals surface area contributed by atoms with Crippen LogP contribution in [0.3, 0.4) is 0 Å². The Kier molecular flexibility index (Phi) is 5.09. The average molecular weight is 212 g/mol. The second-order valence-electron chi connectivity index (χ2n) is 5.02. The zero-order valence-electron chi connectivity index (χ0n) is 10.2. The zero-order valence-corrected chi connectivity index (χ0v) is 10.2. The lowest BCUT2D eigenvalue weighted by molar-refractivity contribution is -0.123. The summed E-state index contributed by atoms with van der Waals surface area (Å²) in [6, 6.07) is 0.0454. The molecular formula is C12H24N2O. The van der Waals surface area contributed by atoms with E-state index >= 15 is 0 Å². The third kappa shape index (κ3) is 4.20. The van der Waals surface area contributed by atoms with Gasteiger partial charge in [-0.15, -0.1) is 0 Å². The van der Waals surface area contributed by atoms with Gasteiger partial charge in [0.05, 0.1) is 6.04 Å². The van der Waals surface area contributed by atoms with Gasteiger partial charge in [0.15, 0.2) is 0 Å². The first-order chi connectivity index (χ1) is 7.11. The van der Waals surface area contributed by atoms with E-state index in [9.17, 15) is 4.79 Å². The molecule has 0 aromatic rings. The molecule has 1 saturated heterocycles. The van der Waals surface area contributed by atoms with Crippen LogP contribution in [0.25, 0.3) is 0 Å². The number of carbonyl (C=O) groups excluding carboxylic acids is 1. The predicted octanol–water partition coefficient (Wildman–Crippen LogP) is 1.54. The zero-order chi connectivity index (χ0) is 11.3. The molecule has 2 unspecified atom stereocenters. The highest BCUT2D eigenvalue weighted by atomic mass is 16.2. The van der Waals surface area contributed by atoms with Gasteiger partial charge in [0.25, 0.3) is 0 Å². The fraction of sp³-hybridized carbons (Fsp3) is 0.917. The van der Waals surface area contributed by atoms with Crippen LogP contribution in [0, 0.1) is 11.8 Å². The first kappa shape index (κ1) is 12.5. The van der Waals surface area contributed by atoms with Crippen molar-refractivity contribution >= 4 is 5.91 Å². The molecule has 0 radical (unpaired) electrons. The van der Waals surface area contributed by atoms with Gasteiger partial charge in [0.1, 0.15) is 0 Å². The van der Waals surface area contributed by atoms with Gasteiger partial charge < -0.3 is 10.6 Å². The molecule has 1 aliphatic heterocycles. The van der Waals surface area contributed by atoms with Crippen molar-refractivity contribution in [1.29, 1.82) is 0 Å². The largest absolute Gasteiger partial charge is 0.355 e. The molecule has 3 nitrogen and oxygen atoms in total. The quantitative estimate of drug-likeness (QED) is 0.679. The van der Waals surface area contributed by atoms with Crippen LogP contribution in [0.4, 0.5) is 0 Å². The first-order valence-corrected chi connectivity index (χ1v) is 6.12. The minimum Gasteiger partial charge on any atom is -0.355 e. The maximum absolute atomic E-state index is 11.7. The highest BCUT2D eigenvalue weighted by Gasteiger charge is 2.28. The van der Waals surface area contributed by atoms with Crippen molar-refractivity contribution in [1.82, 2.24) is 10.6 Å². The summed E-state index contributed by atoms with van der Waals surface area (Å²) >= 11 is 0. The van der Waals surface area contributed by atoms with Crippen molar-refractivity contribution in [2.75, 3.05) is 13.1 Å². The van der Waals surface area contributed by atoms with Crippen molar-refractivity contribution in [3.8, 4) is 0 Å². The van der Waals surface area contributed by atoms with Gasteiger partial charge in [0.2, 0.25) is 5.91 Å². The predicted molar refractivity (Wildman–Crippen MR) is 62.7 cm³/mol. The van der Waals surface area contributed by atoms with Gasteiger partial charge in [-0.25, -0.2) is 0 Å². The summed E-state index contributed by atoms with van der Waals surface area (Å²) in [4.78, 5) is 11.7. The van der Waals surface area contributed by atoms with Gasteiger partial charge in [0, 0.05) is 6.54 Å². The number of carbonyl (C=O) groups is 1. The summed E-state index contributed by atoms with van der Waals surface area (Å²) < 4.78 is 0. The number of nitrogens with one attached hydrogen (secondary N) is 2. The molecule has 2 N–H and O–H groups in total. The summed E-state index contributed by atoms with van der Waals surface area (Å²) in [5, 5.41) is 6.25. The smallest absolute Gasteiger partial charge is 0.237 e. The monoisotopic (exact) mass is 212 g/mol. The molecular weight excluding hydrogens is 188 g/mol. The van der Waals surface area contributed by atoms with Crippen LogP contribution in [-0.2, 0) is 4.79 Å². The topological polar surface area (TPSA) is 41.1 Å².